The van der Waals surface area contributed by atoms with Gasteiger partial charge in [0.15, 0.2) is 0 Å². The lowest BCUT2D eigenvalue weighted by Crippen LogP contribution is -2.42. The SMILES string of the molecule is COc1ccccc1C1c2cccn2CCN1C(=O)CC(C)C. The van der Waals surface area contributed by atoms with Gasteiger partial charge in [-0.1, -0.05) is 32.0 Å². The summed E-state index contributed by atoms with van der Waals surface area (Å²) in [4.78, 5) is 14.8. The largest absolute Gasteiger partial charge is 0.496 e. The number of amides is 1. The van der Waals surface area contributed by atoms with Crippen LogP contribution >= 0.6 is 0 Å². The topological polar surface area (TPSA) is 34.5 Å². The number of benzene rings is 1. The molecule has 0 saturated heterocycles. The van der Waals surface area contributed by atoms with Gasteiger partial charge in [-0.3, -0.25) is 4.79 Å². The van der Waals surface area contributed by atoms with Crippen molar-refractivity contribution in [2.45, 2.75) is 32.9 Å². The molecule has 1 aliphatic rings. The number of aromatic nitrogens is 1. The Morgan fingerprint density at radius 3 is 2.74 bits per heavy atom. The fraction of sp³-hybridized carbons (Fsp3) is 0.421. The lowest BCUT2D eigenvalue weighted by molar-refractivity contribution is -0.134. The van der Waals surface area contributed by atoms with E-state index in [2.05, 4.69) is 36.7 Å². The fourth-order valence-corrected chi connectivity index (χ4v) is 3.34. The van der Waals surface area contributed by atoms with Gasteiger partial charge in [0.05, 0.1) is 7.11 Å². The summed E-state index contributed by atoms with van der Waals surface area (Å²) in [5.74, 6) is 1.40. The molecule has 1 aromatic heterocycles. The summed E-state index contributed by atoms with van der Waals surface area (Å²) in [6.45, 7) is 5.75. The van der Waals surface area contributed by atoms with Crippen molar-refractivity contribution in [3.05, 3.63) is 53.9 Å². The molecule has 0 aliphatic carbocycles. The third-order valence-electron chi connectivity index (χ3n) is 4.38. The number of ether oxygens (including phenoxy) is 1. The van der Waals surface area contributed by atoms with Crippen LogP contribution in [0.3, 0.4) is 0 Å². The summed E-state index contributed by atoms with van der Waals surface area (Å²) in [5, 5.41) is 0. The standard InChI is InChI=1S/C19H24N2O2/c1-14(2)13-18(22)21-12-11-20-10-6-8-16(20)19(21)15-7-4-5-9-17(15)23-3/h4-10,14,19H,11-13H2,1-3H3. The number of nitrogens with zero attached hydrogens (tertiary/aromatic N) is 2. The van der Waals surface area contributed by atoms with Gasteiger partial charge in [0.2, 0.25) is 5.91 Å². The second-order valence-electron chi connectivity index (χ2n) is 6.46. The molecule has 2 heterocycles. The molecule has 0 bridgehead atoms. The summed E-state index contributed by atoms with van der Waals surface area (Å²) in [5.41, 5.74) is 2.20. The molecule has 1 unspecified atom stereocenters. The zero-order chi connectivity index (χ0) is 16.4. The lowest BCUT2D eigenvalue weighted by Gasteiger charge is -2.38. The van der Waals surface area contributed by atoms with E-state index < -0.39 is 0 Å². The molecule has 0 saturated carbocycles. The van der Waals surface area contributed by atoms with Crippen molar-refractivity contribution in [2.75, 3.05) is 13.7 Å². The van der Waals surface area contributed by atoms with Crippen LogP contribution in [0.15, 0.2) is 42.6 Å². The molecule has 1 aromatic carbocycles. The Balaban J connectivity index is 2.05. The third-order valence-corrected chi connectivity index (χ3v) is 4.38. The monoisotopic (exact) mass is 312 g/mol. The first-order valence-electron chi connectivity index (χ1n) is 8.19. The predicted molar refractivity (Wildman–Crippen MR) is 90.4 cm³/mol. The Morgan fingerprint density at radius 1 is 1.22 bits per heavy atom. The van der Waals surface area contributed by atoms with Crippen LogP contribution in [0.4, 0.5) is 0 Å². The minimum atomic E-state index is -0.0823. The Hall–Kier alpha value is -2.23. The van der Waals surface area contributed by atoms with E-state index >= 15 is 0 Å². The zero-order valence-electron chi connectivity index (χ0n) is 14.0. The molecule has 0 fully saturated rings. The fourth-order valence-electron chi connectivity index (χ4n) is 3.34. The maximum absolute atomic E-state index is 12.8. The number of carbonyl (C=O) groups excluding carboxylic acids is 1. The van der Waals surface area contributed by atoms with Gasteiger partial charge in [-0.15, -0.1) is 0 Å². The zero-order valence-corrected chi connectivity index (χ0v) is 14.0. The number of fused-ring (bicyclic) bond motifs is 1. The molecule has 122 valence electrons. The van der Waals surface area contributed by atoms with Gasteiger partial charge in [-0.25, -0.2) is 0 Å². The highest BCUT2D eigenvalue weighted by Gasteiger charge is 2.33. The maximum atomic E-state index is 12.8. The minimum absolute atomic E-state index is 0.0823. The molecule has 0 spiro atoms. The molecule has 1 aliphatic heterocycles. The van der Waals surface area contributed by atoms with E-state index in [0.717, 1.165) is 30.1 Å². The number of methoxy groups -OCH3 is 1. The van der Waals surface area contributed by atoms with Crippen LogP contribution in [-0.2, 0) is 11.3 Å². The van der Waals surface area contributed by atoms with Crippen LogP contribution in [0.2, 0.25) is 0 Å². The Morgan fingerprint density at radius 2 is 2.00 bits per heavy atom. The molecule has 2 aromatic rings. The number of hydrogen-bond acceptors (Lipinski definition) is 2. The smallest absolute Gasteiger partial charge is 0.223 e. The van der Waals surface area contributed by atoms with E-state index in [0.29, 0.717) is 12.3 Å². The van der Waals surface area contributed by atoms with Gasteiger partial charge in [0.25, 0.3) is 0 Å². The lowest BCUT2D eigenvalue weighted by atomic mass is 9.97. The predicted octanol–water partition coefficient (Wildman–Crippen LogP) is 3.47. The molecule has 4 nitrogen and oxygen atoms in total. The first kappa shape index (κ1) is 15.7. The Kier molecular flexibility index (Phi) is 4.42. The Bertz CT molecular complexity index is 690. The first-order chi connectivity index (χ1) is 11.1. The third kappa shape index (κ3) is 2.98. The van der Waals surface area contributed by atoms with E-state index in [1.807, 2.05) is 29.2 Å². The summed E-state index contributed by atoms with van der Waals surface area (Å²) in [6, 6.07) is 12.1. The van der Waals surface area contributed by atoms with E-state index in [-0.39, 0.29) is 11.9 Å². The quantitative estimate of drug-likeness (QED) is 0.866. The maximum Gasteiger partial charge on any atom is 0.223 e. The van der Waals surface area contributed by atoms with Gasteiger partial charge in [-0.05, 0) is 24.1 Å². The van der Waals surface area contributed by atoms with E-state index in [9.17, 15) is 4.79 Å². The minimum Gasteiger partial charge on any atom is -0.496 e. The van der Waals surface area contributed by atoms with Gasteiger partial charge < -0.3 is 14.2 Å². The van der Waals surface area contributed by atoms with Crippen molar-refractivity contribution in [3.8, 4) is 5.75 Å². The van der Waals surface area contributed by atoms with Crippen molar-refractivity contribution in [2.24, 2.45) is 5.92 Å². The van der Waals surface area contributed by atoms with Crippen molar-refractivity contribution < 1.29 is 9.53 Å². The highest BCUT2D eigenvalue weighted by Crippen LogP contribution is 2.37. The summed E-state index contributed by atoms with van der Waals surface area (Å²) in [6.07, 6.45) is 2.66. The van der Waals surface area contributed by atoms with Crippen molar-refractivity contribution in [3.63, 3.8) is 0 Å². The van der Waals surface area contributed by atoms with Gasteiger partial charge in [-0.2, -0.15) is 0 Å². The summed E-state index contributed by atoms with van der Waals surface area (Å²) < 4.78 is 7.78. The number of rotatable bonds is 4. The molecular formula is C19H24N2O2. The van der Waals surface area contributed by atoms with E-state index in [1.54, 1.807) is 7.11 Å². The molecule has 0 radical (unpaired) electrons. The summed E-state index contributed by atoms with van der Waals surface area (Å²) >= 11 is 0. The van der Waals surface area contributed by atoms with Crippen molar-refractivity contribution in [1.82, 2.24) is 9.47 Å². The normalized spacial score (nSPS) is 17.2. The van der Waals surface area contributed by atoms with Gasteiger partial charge in [0, 0.05) is 37.0 Å². The molecule has 1 atom stereocenters. The molecule has 4 heteroatoms. The Labute approximate surface area is 137 Å². The van der Waals surface area contributed by atoms with E-state index in [4.69, 9.17) is 4.74 Å². The van der Waals surface area contributed by atoms with Crippen LogP contribution < -0.4 is 4.74 Å². The summed E-state index contributed by atoms with van der Waals surface area (Å²) in [7, 11) is 1.68. The average Bonchev–Trinajstić information content (AvgIpc) is 3.01. The van der Waals surface area contributed by atoms with Crippen LogP contribution in [0.1, 0.15) is 37.6 Å². The second kappa shape index (κ2) is 6.49. The number of carbonyl (C=O) groups is 1. The molecule has 1 amide bonds. The molecule has 23 heavy (non-hydrogen) atoms. The van der Waals surface area contributed by atoms with Crippen LogP contribution in [0.5, 0.6) is 5.75 Å². The highest BCUT2D eigenvalue weighted by atomic mass is 16.5. The average molecular weight is 312 g/mol. The first-order valence-corrected chi connectivity index (χ1v) is 8.19. The van der Waals surface area contributed by atoms with Crippen LogP contribution in [0, 0.1) is 5.92 Å². The molecule has 0 N–H and O–H groups in total. The molecule has 3 rings (SSSR count). The van der Waals surface area contributed by atoms with Crippen LogP contribution in [-0.4, -0.2) is 29.0 Å². The number of hydrogen-bond donors (Lipinski definition) is 0. The van der Waals surface area contributed by atoms with Gasteiger partial charge in [0.1, 0.15) is 11.8 Å². The molecular weight excluding hydrogens is 288 g/mol. The number of para-hydroxylation sites is 1. The van der Waals surface area contributed by atoms with E-state index in [1.165, 1.54) is 0 Å². The van der Waals surface area contributed by atoms with Crippen molar-refractivity contribution >= 4 is 5.91 Å². The van der Waals surface area contributed by atoms with Crippen molar-refractivity contribution in [1.29, 1.82) is 0 Å². The second-order valence-corrected chi connectivity index (χ2v) is 6.46. The highest BCUT2D eigenvalue weighted by molar-refractivity contribution is 5.77. The van der Waals surface area contributed by atoms with Crippen LogP contribution in [0.25, 0.3) is 0 Å². The van der Waals surface area contributed by atoms with Gasteiger partial charge >= 0.3 is 0 Å².